The molecule has 0 aliphatic carbocycles. The van der Waals surface area contributed by atoms with Gasteiger partial charge in [0, 0.05) is 18.0 Å². The SMILES string of the molecule is CN(Cc1ccc(Cl)s1)c1cc(C(=O)O)ccc1[N+](=O)[O-]. The van der Waals surface area contributed by atoms with Crippen LogP contribution in [0.15, 0.2) is 30.3 Å². The lowest BCUT2D eigenvalue weighted by molar-refractivity contribution is -0.384. The molecular weight excluding hydrogens is 316 g/mol. The molecule has 0 spiro atoms. The zero-order valence-electron chi connectivity index (χ0n) is 10.9. The lowest BCUT2D eigenvalue weighted by atomic mass is 10.1. The van der Waals surface area contributed by atoms with Crippen LogP contribution in [0.2, 0.25) is 4.34 Å². The lowest BCUT2D eigenvalue weighted by Crippen LogP contribution is -2.17. The Morgan fingerprint density at radius 1 is 1.43 bits per heavy atom. The van der Waals surface area contributed by atoms with Crippen molar-refractivity contribution in [2.24, 2.45) is 0 Å². The molecule has 8 heteroatoms. The summed E-state index contributed by atoms with van der Waals surface area (Å²) in [4.78, 5) is 24.1. The topological polar surface area (TPSA) is 83.7 Å². The van der Waals surface area contributed by atoms with Crippen LogP contribution in [-0.2, 0) is 6.54 Å². The summed E-state index contributed by atoms with van der Waals surface area (Å²) in [5.74, 6) is -1.13. The molecule has 0 bridgehead atoms. The molecule has 2 aromatic rings. The summed E-state index contributed by atoms with van der Waals surface area (Å²) in [6.45, 7) is 0.404. The second-order valence-electron chi connectivity index (χ2n) is 4.33. The van der Waals surface area contributed by atoms with Gasteiger partial charge in [-0.05, 0) is 24.3 Å². The summed E-state index contributed by atoms with van der Waals surface area (Å²) < 4.78 is 0.632. The molecule has 21 heavy (non-hydrogen) atoms. The van der Waals surface area contributed by atoms with E-state index < -0.39 is 10.9 Å². The van der Waals surface area contributed by atoms with Crippen LogP contribution >= 0.6 is 22.9 Å². The molecule has 1 heterocycles. The number of rotatable bonds is 5. The van der Waals surface area contributed by atoms with E-state index in [0.717, 1.165) is 4.88 Å². The number of anilines is 1. The highest BCUT2D eigenvalue weighted by atomic mass is 35.5. The Hall–Kier alpha value is -2.12. The number of benzene rings is 1. The van der Waals surface area contributed by atoms with E-state index in [2.05, 4.69) is 0 Å². The van der Waals surface area contributed by atoms with Crippen molar-refractivity contribution in [2.75, 3.05) is 11.9 Å². The Morgan fingerprint density at radius 2 is 2.14 bits per heavy atom. The first-order valence-electron chi connectivity index (χ1n) is 5.85. The van der Waals surface area contributed by atoms with E-state index in [9.17, 15) is 14.9 Å². The third-order valence-electron chi connectivity index (χ3n) is 2.85. The fourth-order valence-electron chi connectivity index (χ4n) is 1.87. The number of carboxylic acid groups (broad SMARTS) is 1. The standard InChI is InChI=1S/C13H11ClN2O4S/c1-15(7-9-3-5-12(14)21-9)11-6-8(13(17)18)2-4-10(11)16(19)20/h2-6H,7H2,1H3,(H,17,18). The van der Waals surface area contributed by atoms with Crippen molar-refractivity contribution in [2.45, 2.75) is 6.54 Å². The van der Waals surface area contributed by atoms with Crippen LogP contribution in [0, 0.1) is 10.1 Å². The first kappa shape index (κ1) is 15.3. The number of thiophene rings is 1. The molecule has 6 nitrogen and oxygen atoms in total. The second kappa shape index (κ2) is 6.11. The van der Waals surface area contributed by atoms with E-state index in [0.29, 0.717) is 10.9 Å². The van der Waals surface area contributed by atoms with E-state index >= 15 is 0 Å². The predicted molar refractivity (Wildman–Crippen MR) is 81.5 cm³/mol. The minimum absolute atomic E-state index is 0.00617. The lowest BCUT2D eigenvalue weighted by Gasteiger charge is -2.18. The van der Waals surface area contributed by atoms with Gasteiger partial charge in [0.15, 0.2) is 0 Å². The Kier molecular flexibility index (Phi) is 4.44. The molecule has 0 saturated heterocycles. The number of carboxylic acids is 1. The molecular formula is C13H11ClN2O4S. The molecule has 0 saturated carbocycles. The van der Waals surface area contributed by atoms with Gasteiger partial charge in [-0.3, -0.25) is 10.1 Å². The number of nitro groups is 1. The summed E-state index contributed by atoms with van der Waals surface area (Å²) >= 11 is 7.23. The Labute approximate surface area is 129 Å². The van der Waals surface area contributed by atoms with Crippen molar-refractivity contribution in [3.05, 3.63) is 55.2 Å². The summed E-state index contributed by atoms with van der Waals surface area (Å²) in [5.41, 5.74) is 0.126. The summed E-state index contributed by atoms with van der Waals surface area (Å²) in [5, 5.41) is 20.1. The molecule has 0 unspecified atom stereocenters. The Balaban J connectivity index is 2.37. The van der Waals surface area contributed by atoms with Crippen molar-refractivity contribution in [3.8, 4) is 0 Å². The van der Waals surface area contributed by atoms with Crippen LogP contribution in [0.4, 0.5) is 11.4 Å². The van der Waals surface area contributed by atoms with Crippen LogP contribution in [0.5, 0.6) is 0 Å². The number of hydrogen-bond acceptors (Lipinski definition) is 5. The molecule has 2 rings (SSSR count). The third-order valence-corrected chi connectivity index (χ3v) is 4.07. The van der Waals surface area contributed by atoms with Gasteiger partial charge < -0.3 is 10.0 Å². The maximum atomic E-state index is 11.1. The first-order chi connectivity index (χ1) is 9.88. The smallest absolute Gasteiger partial charge is 0.335 e. The molecule has 0 atom stereocenters. The largest absolute Gasteiger partial charge is 0.478 e. The summed E-state index contributed by atoms with van der Waals surface area (Å²) in [6, 6.07) is 7.31. The monoisotopic (exact) mass is 326 g/mol. The molecule has 0 amide bonds. The third kappa shape index (κ3) is 3.50. The van der Waals surface area contributed by atoms with Gasteiger partial charge in [-0.2, -0.15) is 0 Å². The normalized spacial score (nSPS) is 10.4. The quantitative estimate of drug-likeness (QED) is 0.669. The molecule has 1 N–H and O–H groups in total. The average molecular weight is 327 g/mol. The highest BCUT2D eigenvalue weighted by Crippen LogP contribution is 2.31. The maximum absolute atomic E-state index is 11.1. The van der Waals surface area contributed by atoms with Crippen molar-refractivity contribution in [3.63, 3.8) is 0 Å². The van der Waals surface area contributed by atoms with Crippen molar-refractivity contribution in [1.82, 2.24) is 0 Å². The van der Waals surface area contributed by atoms with Crippen molar-refractivity contribution < 1.29 is 14.8 Å². The van der Waals surface area contributed by atoms with Crippen LogP contribution in [0.3, 0.4) is 0 Å². The van der Waals surface area contributed by atoms with E-state index in [1.165, 1.54) is 29.5 Å². The molecule has 0 radical (unpaired) electrons. The fourth-order valence-corrected chi connectivity index (χ4v) is 3.01. The van der Waals surface area contributed by atoms with Gasteiger partial charge in [-0.15, -0.1) is 11.3 Å². The van der Waals surface area contributed by atoms with Gasteiger partial charge >= 0.3 is 5.97 Å². The Bertz CT molecular complexity index is 701. The molecule has 110 valence electrons. The highest BCUT2D eigenvalue weighted by Gasteiger charge is 2.20. The van der Waals surface area contributed by atoms with Crippen molar-refractivity contribution in [1.29, 1.82) is 0 Å². The Morgan fingerprint density at radius 3 is 2.67 bits per heavy atom. The molecule has 1 aromatic heterocycles. The van der Waals surface area contributed by atoms with Gasteiger partial charge in [0.25, 0.3) is 5.69 Å². The van der Waals surface area contributed by atoms with Crippen LogP contribution in [0.1, 0.15) is 15.2 Å². The number of hydrogen-bond donors (Lipinski definition) is 1. The van der Waals surface area contributed by atoms with Gasteiger partial charge in [0.2, 0.25) is 0 Å². The first-order valence-corrected chi connectivity index (χ1v) is 7.05. The van der Waals surface area contributed by atoms with E-state index in [-0.39, 0.29) is 16.9 Å². The van der Waals surface area contributed by atoms with E-state index in [4.69, 9.17) is 16.7 Å². The average Bonchev–Trinajstić information content (AvgIpc) is 2.83. The number of nitrogens with zero attached hydrogens (tertiary/aromatic N) is 2. The minimum atomic E-state index is -1.13. The fraction of sp³-hybridized carbons (Fsp3) is 0.154. The number of carbonyl (C=O) groups is 1. The second-order valence-corrected chi connectivity index (χ2v) is 6.13. The van der Waals surface area contributed by atoms with Gasteiger partial charge in [-0.25, -0.2) is 4.79 Å². The van der Waals surface area contributed by atoms with Gasteiger partial charge in [0.1, 0.15) is 5.69 Å². The van der Waals surface area contributed by atoms with Crippen molar-refractivity contribution >= 4 is 40.3 Å². The number of aromatic carboxylic acids is 1. The number of halogens is 1. The predicted octanol–water partition coefficient (Wildman–Crippen LogP) is 3.64. The minimum Gasteiger partial charge on any atom is -0.478 e. The molecule has 0 fully saturated rings. The summed E-state index contributed by atoms with van der Waals surface area (Å²) in [7, 11) is 1.67. The van der Waals surface area contributed by atoms with Crippen LogP contribution in [-0.4, -0.2) is 23.0 Å². The van der Waals surface area contributed by atoms with E-state index in [1.54, 1.807) is 18.0 Å². The van der Waals surface area contributed by atoms with Gasteiger partial charge in [0.05, 0.1) is 21.4 Å². The molecule has 1 aromatic carbocycles. The number of nitro benzene ring substituents is 1. The zero-order valence-corrected chi connectivity index (χ0v) is 12.5. The maximum Gasteiger partial charge on any atom is 0.335 e. The molecule has 0 aliphatic rings. The highest BCUT2D eigenvalue weighted by molar-refractivity contribution is 7.16. The zero-order chi connectivity index (χ0) is 15.6. The molecule has 0 aliphatic heterocycles. The van der Waals surface area contributed by atoms with Crippen LogP contribution < -0.4 is 4.90 Å². The van der Waals surface area contributed by atoms with Crippen LogP contribution in [0.25, 0.3) is 0 Å². The van der Waals surface area contributed by atoms with Gasteiger partial charge in [-0.1, -0.05) is 11.6 Å². The van der Waals surface area contributed by atoms with E-state index in [1.807, 2.05) is 6.07 Å². The summed E-state index contributed by atoms with van der Waals surface area (Å²) in [6.07, 6.45) is 0.